The fourth-order valence-corrected chi connectivity index (χ4v) is 2.67. The van der Waals surface area contributed by atoms with Gasteiger partial charge in [-0.3, -0.25) is 9.80 Å². The third-order valence-electron chi connectivity index (χ3n) is 4.06. The Bertz CT molecular complexity index is 432. The van der Waals surface area contributed by atoms with Crippen LogP contribution >= 0.6 is 11.6 Å². The van der Waals surface area contributed by atoms with E-state index in [1.807, 2.05) is 6.07 Å². The van der Waals surface area contributed by atoms with Crippen molar-refractivity contribution in [3.63, 3.8) is 0 Å². The van der Waals surface area contributed by atoms with Gasteiger partial charge in [0.25, 0.3) is 0 Å². The van der Waals surface area contributed by atoms with Gasteiger partial charge in [-0.2, -0.15) is 0 Å². The van der Waals surface area contributed by atoms with Crippen molar-refractivity contribution in [2.45, 2.75) is 32.9 Å². The molecule has 0 amide bonds. The van der Waals surface area contributed by atoms with Gasteiger partial charge < -0.3 is 5.43 Å². The second-order valence-corrected chi connectivity index (χ2v) is 5.75. The maximum absolute atomic E-state index is 6.21. The van der Waals surface area contributed by atoms with E-state index in [0.29, 0.717) is 16.9 Å². The third kappa shape index (κ3) is 3.82. The lowest BCUT2D eigenvalue weighted by Gasteiger charge is -2.37. The SMILES string of the molecule is CCC(C)N1CCN(Cc2nc(NN)ccc2Cl)CC1. The summed E-state index contributed by atoms with van der Waals surface area (Å²) < 4.78 is 0. The number of nitrogens with two attached hydrogens (primary N) is 1. The summed E-state index contributed by atoms with van der Waals surface area (Å²) in [6, 6.07) is 4.30. The van der Waals surface area contributed by atoms with Gasteiger partial charge in [-0.15, -0.1) is 0 Å². The van der Waals surface area contributed by atoms with Gasteiger partial charge in [-0.1, -0.05) is 18.5 Å². The molecule has 5 nitrogen and oxygen atoms in total. The topological polar surface area (TPSA) is 57.4 Å². The molecule has 2 heterocycles. The summed E-state index contributed by atoms with van der Waals surface area (Å²) in [4.78, 5) is 9.37. The van der Waals surface area contributed by atoms with Gasteiger partial charge >= 0.3 is 0 Å². The summed E-state index contributed by atoms with van der Waals surface area (Å²) in [7, 11) is 0. The molecule has 1 aromatic heterocycles. The molecule has 1 aliphatic rings. The van der Waals surface area contributed by atoms with E-state index < -0.39 is 0 Å². The number of nitrogens with zero attached hydrogens (tertiary/aromatic N) is 3. The summed E-state index contributed by atoms with van der Waals surface area (Å²) >= 11 is 6.21. The Morgan fingerprint density at radius 3 is 2.65 bits per heavy atom. The van der Waals surface area contributed by atoms with Gasteiger partial charge in [-0.05, 0) is 25.5 Å². The van der Waals surface area contributed by atoms with Crippen LogP contribution in [0.3, 0.4) is 0 Å². The zero-order valence-electron chi connectivity index (χ0n) is 12.3. The van der Waals surface area contributed by atoms with Crippen molar-refractivity contribution in [3.8, 4) is 0 Å². The fraction of sp³-hybridized carbons (Fsp3) is 0.643. The Morgan fingerprint density at radius 1 is 1.35 bits per heavy atom. The second-order valence-electron chi connectivity index (χ2n) is 5.34. The van der Waals surface area contributed by atoms with Gasteiger partial charge in [0.05, 0.1) is 10.7 Å². The van der Waals surface area contributed by atoms with E-state index in [9.17, 15) is 0 Å². The lowest BCUT2D eigenvalue weighted by atomic mass is 10.2. The number of hydrogen-bond donors (Lipinski definition) is 2. The van der Waals surface area contributed by atoms with Crippen molar-refractivity contribution in [2.24, 2.45) is 5.84 Å². The number of nitrogen functional groups attached to an aromatic ring is 1. The molecule has 1 atom stereocenters. The first kappa shape index (κ1) is 15.5. The Balaban J connectivity index is 1.92. The first-order chi connectivity index (χ1) is 9.63. The molecule has 2 rings (SSSR count). The second kappa shape index (κ2) is 7.22. The van der Waals surface area contributed by atoms with E-state index >= 15 is 0 Å². The zero-order chi connectivity index (χ0) is 14.5. The van der Waals surface area contributed by atoms with E-state index in [2.05, 4.69) is 34.1 Å². The lowest BCUT2D eigenvalue weighted by Crippen LogP contribution is -2.49. The molecule has 0 aliphatic carbocycles. The zero-order valence-corrected chi connectivity index (χ0v) is 13.0. The molecule has 1 aliphatic heterocycles. The van der Waals surface area contributed by atoms with E-state index in [1.165, 1.54) is 6.42 Å². The van der Waals surface area contributed by atoms with Crippen LogP contribution in [0.15, 0.2) is 12.1 Å². The quantitative estimate of drug-likeness (QED) is 0.642. The summed E-state index contributed by atoms with van der Waals surface area (Å²) in [5, 5.41) is 0.702. The number of halogens is 1. The molecular weight excluding hydrogens is 274 g/mol. The van der Waals surface area contributed by atoms with Gasteiger partial charge in [-0.25, -0.2) is 10.8 Å². The number of aromatic nitrogens is 1. The number of hydrogen-bond acceptors (Lipinski definition) is 5. The maximum atomic E-state index is 6.21. The Kier molecular flexibility index (Phi) is 5.60. The molecular formula is C14H24ClN5. The largest absolute Gasteiger partial charge is 0.308 e. The molecule has 0 spiro atoms. The van der Waals surface area contributed by atoms with E-state index in [-0.39, 0.29) is 0 Å². The molecule has 0 radical (unpaired) electrons. The number of hydrazine groups is 1. The highest BCUT2D eigenvalue weighted by Crippen LogP contribution is 2.19. The first-order valence-electron chi connectivity index (χ1n) is 7.22. The molecule has 20 heavy (non-hydrogen) atoms. The molecule has 3 N–H and O–H groups in total. The average molecular weight is 298 g/mol. The number of anilines is 1. The Labute approximate surface area is 126 Å². The number of nitrogens with one attached hydrogen (secondary N) is 1. The third-order valence-corrected chi connectivity index (χ3v) is 4.41. The van der Waals surface area contributed by atoms with Crippen LogP contribution in [-0.4, -0.2) is 47.0 Å². The molecule has 0 saturated carbocycles. The lowest BCUT2D eigenvalue weighted by molar-refractivity contribution is 0.0956. The summed E-state index contributed by atoms with van der Waals surface area (Å²) in [6.07, 6.45) is 1.21. The number of pyridine rings is 1. The average Bonchev–Trinajstić information content (AvgIpc) is 2.49. The fourth-order valence-electron chi connectivity index (χ4n) is 2.51. The van der Waals surface area contributed by atoms with Crippen LogP contribution < -0.4 is 11.3 Å². The van der Waals surface area contributed by atoms with Crippen molar-refractivity contribution in [1.29, 1.82) is 0 Å². The van der Waals surface area contributed by atoms with Crippen molar-refractivity contribution in [3.05, 3.63) is 22.8 Å². The molecule has 1 unspecified atom stereocenters. The maximum Gasteiger partial charge on any atom is 0.140 e. The monoisotopic (exact) mass is 297 g/mol. The summed E-state index contributed by atoms with van der Waals surface area (Å²) in [5.41, 5.74) is 3.45. The van der Waals surface area contributed by atoms with E-state index in [0.717, 1.165) is 38.4 Å². The molecule has 112 valence electrons. The number of piperazine rings is 1. The Hall–Kier alpha value is -0.880. The number of rotatable bonds is 5. The van der Waals surface area contributed by atoms with Crippen molar-refractivity contribution in [1.82, 2.24) is 14.8 Å². The van der Waals surface area contributed by atoms with E-state index in [4.69, 9.17) is 17.4 Å². The van der Waals surface area contributed by atoms with Crippen LogP contribution in [0.4, 0.5) is 5.82 Å². The van der Waals surface area contributed by atoms with Crippen molar-refractivity contribution in [2.75, 3.05) is 31.6 Å². The van der Waals surface area contributed by atoms with Crippen LogP contribution in [0.1, 0.15) is 26.0 Å². The van der Waals surface area contributed by atoms with Crippen LogP contribution in [0.2, 0.25) is 5.02 Å². The molecule has 6 heteroatoms. The first-order valence-corrected chi connectivity index (χ1v) is 7.60. The van der Waals surface area contributed by atoms with Crippen LogP contribution in [0, 0.1) is 0 Å². The molecule has 1 aromatic rings. The minimum Gasteiger partial charge on any atom is -0.308 e. The minimum absolute atomic E-state index is 0.655. The van der Waals surface area contributed by atoms with Crippen molar-refractivity contribution >= 4 is 17.4 Å². The predicted molar refractivity (Wildman–Crippen MR) is 83.7 cm³/mol. The highest BCUT2D eigenvalue weighted by Gasteiger charge is 2.21. The normalized spacial score (nSPS) is 19.0. The van der Waals surface area contributed by atoms with E-state index in [1.54, 1.807) is 6.07 Å². The molecule has 1 saturated heterocycles. The minimum atomic E-state index is 0.655. The standard InChI is InChI=1S/C14H24ClN5/c1-3-11(2)20-8-6-19(7-9-20)10-13-12(15)4-5-14(17-13)18-16/h4-5,11H,3,6-10,16H2,1-2H3,(H,17,18). The smallest absolute Gasteiger partial charge is 0.140 e. The molecule has 0 aromatic carbocycles. The van der Waals surface area contributed by atoms with Gasteiger partial charge in [0.1, 0.15) is 5.82 Å². The van der Waals surface area contributed by atoms with Crippen molar-refractivity contribution < 1.29 is 0 Å². The van der Waals surface area contributed by atoms with Gasteiger partial charge in [0, 0.05) is 38.8 Å². The van der Waals surface area contributed by atoms with Crippen LogP contribution in [0.25, 0.3) is 0 Å². The molecule has 0 bridgehead atoms. The van der Waals surface area contributed by atoms with Gasteiger partial charge in [0.15, 0.2) is 0 Å². The highest BCUT2D eigenvalue weighted by molar-refractivity contribution is 6.31. The van der Waals surface area contributed by atoms with Gasteiger partial charge in [0.2, 0.25) is 0 Å². The summed E-state index contributed by atoms with van der Waals surface area (Å²) in [5.74, 6) is 6.05. The Morgan fingerprint density at radius 2 is 2.05 bits per heavy atom. The molecule has 1 fully saturated rings. The summed E-state index contributed by atoms with van der Waals surface area (Å²) in [6.45, 7) is 9.66. The van der Waals surface area contributed by atoms with Crippen LogP contribution in [-0.2, 0) is 6.54 Å². The highest BCUT2D eigenvalue weighted by atomic mass is 35.5. The predicted octanol–water partition coefficient (Wildman–Crippen LogP) is 1.94. The van der Waals surface area contributed by atoms with Crippen LogP contribution in [0.5, 0.6) is 0 Å².